The minimum atomic E-state index is -4.64. The quantitative estimate of drug-likeness (QED) is 0.380. The van der Waals surface area contributed by atoms with Crippen molar-refractivity contribution in [2.75, 3.05) is 24.9 Å². The minimum absolute atomic E-state index is 0.0304. The van der Waals surface area contributed by atoms with E-state index >= 15 is 0 Å². The third kappa shape index (κ3) is 5.77. The number of aryl methyl sites for hydroxylation is 2. The number of sulfonamides is 1. The molecule has 0 saturated carbocycles. The lowest BCUT2D eigenvalue weighted by Crippen LogP contribution is -2.23. The summed E-state index contributed by atoms with van der Waals surface area (Å²) in [5.41, 5.74) is 2.36. The van der Waals surface area contributed by atoms with Crippen molar-refractivity contribution in [3.63, 3.8) is 0 Å². The van der Waals surface area contributed by atoms with Crippen LogP contribution in [0, 0.1) is 13.8 Å². The molecule has 188 valence electrons. The number of rotatable bonds is 6. The summed E-state index contributed by atoms with van der Waals surface area (Å²) in [5, 5.41) is 0. The van der Waals surface area contributed by atoms with Crippen LogP contribution in [0.2, 0.25) is 4.34 Å². The van der Waals surface area contributed by atoms with Gasteiger partial charge in [-0.15, -0.1) is 11.3 Å². The Labute approximate surface area is 211 Å². The van der Waals surface area contributed by atoms with Crippen molar-refractivity contribution >= 4 is 38.6 Å². The van der Waals surface area contributed by atoms with Gasteiger partial charge in [0.2, 0.25) is 0 Å². The number of nitrogens with zero attached hydrogens (tertiary/aromatic N) is 1. The molecule has 0 amide bonds. The SMILES string of the molecule is Cc1ccc(C)c(-c2cc(S(=O)(=O)Nc3ccc(C(F)(F)F)c(O[C@@H]4CCN(C)C4)c3)sc2Cl)c1. The van der Waals surface area contributed by atoms with Crippen LogP contribution in [0.4, 0.5) is 18.9 Å². The van der Waals surface area contributed by atoms with E-state index in [0.717, 1.165) is 46.2 Å². The Hall–Kier alpha value is -2.27. The zero-order valence-corrected chi connectivity index (χ0v) is 21.6. The van der Waals surface area contributed by atoms with E-state index < -0.39 is 33.6 Å². The van der Waals surface area contributed by atoms with Crippen molar-refractivity contribution in [3.8, 4) is 16.9 Å². The molecule has 1 aromatic heterocycles. The number of halogens is 4. The number of alkyl halides is 3. The maximum atomic E-state index is 13.6. The van der Waals surface area contributed by atoms with Crippen LogP contribution in [0.15, 0.2) is 46.7 Å². The maximum Gasteiger partial charge on any atom is 0.419 e. The Kier molecular flexibility index (Phi) is 7.11. The molecule has 1 aliphatic rings. The van der Waals surface area contributed by atoms with Gasteiger partial charge in [-0.2, -0.15) is 13.2 Å². The largest absolute Gasteiger partial charge is 0.488 e. The summed E-state index contributed by atoms with van der Waals surface area (Å²) < 4.78 is 75.2. The number of hydrogen-bond acceptors (Lipinski definition) is 5. The second-order valence-corrected chi connectivity index (χ2v) is 12.2. The van der Waals surface area contributed by atoms with Gasteiger partial charge in [0.1, 0.15) is 20.4 Å². The summed E-state index contributed by atoms with van der Waals surface area (Å²) in [7, 11) is -2.25. The van der Waals surface area contributed by atoms with E-state index in [9.17, 15) is 21.6 Å². The lowest BCUT2D eigenvalue weighted by atomic mass is 10.0. The fourth-order valence-electron chi connectivity index (χ4n) is 3.98. The van der Waals surface area contributed by atoms with Gasteiger partial charge in [0.15, 0.2) is 0 Å². The highest BCUT2D eigenvalue weighted by Crippen LogP contribution is 2.41. The van der Waals surface area contributed by atoms with Gasteiger partial charge >= 0.3 is 6.18 Å². The van der Waals surface area contributed by atoms with Crippen LogP contribution in [-0.2, 0) is 16.2 Å². The lowest BCUT2D eigenvalue weighted by molar-refractivity contribution is -0.139. The molecule has 0 unspecified atom stereocenters. The fourth-order valence-corrected chi connectivity index (χ4v) is 6.78. The van der Waals surface area contributed by atoms with E-state index in [4.69, 9.17) is 16.3 Å². The molecule has 5 nitrogen and oxygen atoms in total. The molecule has 4 rings (SSSR count). The van der Waals surface area contributed by atoms with E-state index in [1.54, 1.807) is 0 Å². The van der Waals surface area contributed by atoms with Gasteiger partial charge in [-0.25, -0.2) is 8.42 Å². The van der Waals surface area contributed by atoms with Crippen LogP contribution < -0.4 is 9.46 Å². The van der Waals surface area contributed by atoms with Crippen LogP contribution in [-0.4, -0.2) is 39.6 Å². The topological polar surface area (TPSA) is 58.6 Å². The first kappa shape index (κ1) is 25.8. The fraction of sp³-hybridized carbons (Fsp3) is 0.333. The van der Waals surface area contributed by atoms with Crippen LogP contribution >= 0.6 is 22.9 Å². The van der Waals surface area contributed by atoms with E-state index in [-0.39, 0.29) is 9.90 Å². The molecule has 2 aromatic carbocycles. The highest BCUT2D eigenvalue weighted by Gasteiger charge is 2.36. The summed E-state index contributed by atoms with van der Waals surface area (Å²) in [4.78, 5) is 1.96. The third-order valence-corrected chi connectivity index (χ3v) is 9.01. The number of likely N-dealkylation sites (tertiary alicyclic amines) is 1. The molecular formula is C24H24ClF3N2O3S2. The number of anilines is 1. The van der Waals surface area contributed by atoms with Gasteiger partial charge in [-0.1, -0.05) is 35.4 Å². The first-order chi connectivity index (χ1) is 16.3. The molecule has 3 aromatic rings. The maximum absolute atomic E-state index is 13.6. The Morgan fingerprint density at radius 3 is 2.51 bits per heavy atom. The van der Waals surface area contributed by atoms with Crippen molar-refractivity contribution in [1.29, 1.82) is 0 Å². The van der Waals surface area contributed by atoms with Gasteiger partial charge in [-0.3, -0.25) is 4.72 Å². The Morgan fingerprint density at radius 1 is 1.11 bits per heavy atom. The normalized spacial score (nSPS) is 17.1. The Morgan fingerprint density at radius 2 is 1.86 bits per heavy atom. The molecule has 2 heterocycles. The third-order valence-electron chi connectivity index (χ3n) is 5.79. The summed E-state index contributed by atoms with van der Waals surface area (Å²) in [5.74, 6) is -0.404. The molecule has 1 aliphatic heterocycles. The number of ether oxygens (including phenoxy) is 1. The molecule has 35 heavy (non-hydrogen) atoms. The summed E-state index contributed by atoms with van der Waals surface area (Å²) in [6.07, 6.45) is -4.47. The monoisotopic (exact) mass is 544 g/mol. The number of benzene rings is 2. The van der Waals surface area contributed by atoms with Crippen molar-refractivity contribution in [2.45, 2.75) is 36.8 Å². The molecule has 11 heteroatoms. The van der Waals surface area contributed by atoms with Crippen molar-refractivity contribution < 1.29 is 26.3 Å². The van der Waals surface area contributed by atoms with Gasteiger partial charge in [0, 0.05) is 24.7 Å². The lowest BCUT2D eigenvalue weighted by Gasteiger charge is -2.19. The van der Waals surface area contributed by atoms with Crippen molar-refractivity contribution in [2.24, 2.45) is 0 Å². The second-order valence-electron chi connectivity index (χ2n) is 8.68. The molecule has 1 fully saturated rings. The van der Waals surface area contributed by atoms with Crippen LogP contribution in [0.1, 0.15) is 23.1 Å². The molecule has 1 atom stereocenters. The second kappa shape index (κ2) is 9.65. The molecule has 1 saturated heterocycles. The molecular weight excluding hydrogens is 521 g/mol. The standard InChI is InChI=1S/C24H24ClF3N2O3S2/c1-14-4-5-15(2)18(10-14)19-12-22(34-23(19)25)35(31,32)29-16-6-7-20(24(26,27)28)21(11-16)33-17-8-9-30(3)13-17/h4-7,10-12,17,29H,8-9,13H2,1-3H3/t17-/m1/s1. The molecule has 0 bridgehead atoms. The van der Waals surface area contributed by atoms with Gasteiger partial charge in [0.25, 0.3) is 10.0 Å². The zero-order chi connectivity index (χ0) is 25.5. The Balaban J connectivity index is 1.64. The predicted octanol–water partition coefficient (Wildman–Crippen LogP) is 6.59. The summed E-state index contributed by atoms with van der Waals surface area (Å²) in [6.45, 7) is 5.03. The number of nitrogens with one attached hydrogen (secondary N) is 1. The van der Waals surface area contributed by atoms with E-state index in [0.29, 0.717) is 29.4 Å². The highest BCUT2D eigenvalue weighted by molar-refractivity contribution is 7.94. The Bertz CT molecular complexity index is 1360. The first-order valence-corrected chi connectivity index (χ1v) is 13.5. The van der Waals surface area contributed by atoms with Crippen LogP contribution in [0.5, 0.6) is 5.75 Å². The number of likely N-dealkylation sites (N-methyl/N-ethyl adjacent to an activating group) is 1. The van der Waals surface area contributed by atoms with Gasteiger partial charge in [-0.05, 0) is 56.6 Å². The summed E-state index contributed by atoms with van der Waals surface area (Å²) in [6, 6.07) is 10.3. The van der Waals surface area contributed by atoms with E-state index in [2.05, 4.69) is 4.72 Å². The number of thiophene rings is 1. The van der Waals surface area contributed by atoms with Crippen LogP contribution in [0.3, 0.4) is 0 Å². The minimum Gasteiger partial charge on any atom is -0.488 e. The van der Waals surface area contributed by atoms with Crippen LogP contribution in [0.25, 0.3) is 11.1 Å². The molecule has 1 N–H and O–H groups in total. The highest BCUT2D eigenvalue weighted by atomic mass is 35.5. The average Bonchev–Trinajstić information content (AvgIpc) is 3.34. The number of hydrogen-bond donors (Lipinski definition) is 1. The smallest absolute Gasteiger partial charge is 0.419 e. The zero-order valence-electron chi connectivity index (χ0n) is 19.2. The molecule has 0 radical (unpaired) electrons. The van der Waals surface area contributed by atoms with E-state index in [1.807, 2.05) is 44.0 Å². The summed E-state index contributed by atoms with van der Waals surface area (Å²) >= 11 is 7.28. The first-order valence-electron chi connectivity index (χ1n) is 10.8. The van der Waals surface area contributed by atoms with Gasteiger partial charge < -0.3 is 9.64 Å². The molecule has 0 aliphatic carbocycles. The average molecular weight is 545 g/mol. The van der Waals surface area contributed by atoms with Crippen molar-refractivity contribution in [3.05, 3.63) is 63.5 Å². The molecule has 0 spiro atoms. The van der Waals surface area contributed by atoms with E-state index in [1.165, 1.54) is 6.07 Å². The van der Waals surface area contributed by atoms with Gasteiger partial charge in [0.05, 0.1) is 11.3 Å². The van der Waals surface area contributed by atoms with Crippen molar-refractivity contribution in [1.82, 2.24) is 4.90 Å². The predicted molar refractivity (Wildman–Crippen MR) is 133 cm³/mol.